The average Bonchev–Trinajstić information content (AvgIpc) is 2.65. The lowest BCUT2D eigenvalue weighted by atomic mass is 10.0. The van der Waals surface area contributed by atoms with Gasteiger partial charge in [-0.05, 0) is 19.1 Å². The first kappa shape index (κ1) is 8.31. The molecule has 1 aromatic heterocycles. The van der Waals surface area contributed by atoms with Gasteiger partial charge in [-0.25, -0.2) is 0 Å². The van der Waals surface area contributed by atoms with Crippen LogP contribution in [-0.2, 0) is 4.79 Å². The minimum absolute atomic E-state index is 0.00213. The highest BCUT2D eigenvalue weighted by molar-refractivity contribution is 5.88. The van der Waals surface area contributed by atoms with Crippen molar-refractivity contribution in [2.24, 2.45) is 5.73 Å². The molecule has 0 radical (unpaired) electrons. The van der Waals surface area contributed by atoms with Crippen LogP contribution in [0.25, 0.3) is 0 Å². The lowest BCUT2D eigenvalue weighted by Gasteiger charge is -2.39. The molecule has 1 aliphatic rings. The fourth-order valence-corrected chi connectivity index (χ4v) is 1.51. The number of hydrogen-bond acceptors (Lipinski definition) is 3. The number of nitrogens with zero attached hydrogens (tertiary/aromatic N) is 1. The average molecular weight is 180 g/mol. The third-order valence-electron chi connectivity index (χ3n) is 2.42. The summed E-state index contributed by atoms with van der Waals surface area (Å²) in [6, 6.07) is 3.37. The molecule has 0 spiro atoms. The topological polar surface area (TPSA) is 59.5 Å². The predicted octanol–water partition coefficient (Wildman–Crippen LogP) is 0.510. The van der Waals surface area contributed by atoms with Gasteiger partial charge >= 0.3 is 0 Å². The summed E-state index contributed by atoms with van der Waals surface area (Å²) in [7, 11) is 0. The van der Waals surface area contributed by atoms with Crippen LogP contribution in [0.3, 0.4) is 0 Å². The van der Waals surface area contributed by atoms with E-state index >= 15 is 0 Å². The van der Waals surface area contributed by atoms with E-state index in [0.717, 1.165) is 5.76 Å². The van der Waals surface area contributed by atoms with Gasteiger partial charge in [-0.1, -0.05) is 0 Å². The van der Waals surface area contributed by atoms with Crippen molar-refractivity contribution >= 4 is 5.91 Å². The van der Waals surface area contributed by atoms with Crippen molar-refractivity contribution in [2.45, 2.75) is 19.0 Å². The summed E-state index contributed by atoms with van der Waals surface area (Å²) in [6.45, 7) is 2.56. The molecular formula is C9H12N2O2. The highest BCUT2D eigenvalue weighted by atomic mass is 16.3. The molecule has 2 unspecified atom stereocenters. The second-order valence-electron chi connectivity index (χ2n) is 3.29. The standard InChI is InChI=1S/C9H12N2O2/c1-6(8-3-2-4-13-8)11-5-7(10)9(11)12/h2-4,6-7H,5,10H2,1H3. The molecule has 2 rings (SSSR count). The molecule has 1 saturated heterocycles. The Balaban J connectivity index is 2.07. The maximum Gasteiger partial charge on any atom is 0.242 e. The second-order valence-corrected chi connectivity index (χ2v) is 3.29. The van der Waals surface area contributed by atoms with Crippen molar-refractivity contribution in [1.29, 1.82) is 0 Å². The molecule has 2 N–H and O–H groups in total. The Hall–Kier alpha value is -1.29. The summed E-state index contributed by atoms with van der Waals surface area (Å²) in [5.74, 6) is 0.809. The smallest absolute Gasteiger partial charge is 0.242 e. The minimum atomic E-state index is -0.308. The normalized spacial score (nSPS) is 24.3. The molecular weight excluding hydrogens is 168 g/mol. The predicted molar refractivity (Wildman–Crippen MR) is 46.8 cm³/mol. The van der Waals surface area contributed by atoms with E-state index in [1.54, 1.807) is 11.2 Å². The molecule has 0 aliphatic carbocycles. The van der Waals surface area contributed by atoms with E-state index in [0.29, 0.717) is 6.54 Å². The van der Waals surface area contributed by atoms with Crippen LogP contribution in [0.2, 0.25) is 0 Å². The SMILES string of the molecule is CC(c1ccco1)N1CC(N)C1=O. The van der Waals surface area contributed by atoms with Crippen LogP contribution in [-0.4, -0.2) is 23.4 Å². The van der Waals surface area contributed by atoms with E-state index < -0.39 is 0 Å². The van der Waals surface area contributed by atoms with Gasteiger partial charge in [-0.15, -0.1) is 0 Å². The van der Waals surface area contributed by atoms with Gasteiger partial charge in [-0.2, -0.15) is 0 Å². The molecule has 0 bridgehead atoms. The summed E-state index contributed by atoms with van der Waals surface area (Å²) < 4.78 is 5.20. The minimum Gasteiger partial charge on any atom is -0.467 e. The van der Waals surface area contributed by atoms with Crippen LogP contribution in [0.1, 0.15) is 18.7 Å². The molecule has 4 nitrogen and oxygen atoms in total. The first-order valence-electron chi connectivity index (χ1n) is 4.29. The first-order valence-corrected chi connectivity index (χ1v) is 4.29. The lowest BCUT2D eigenvalue weighted by molar-refractivity contribution is -0.145. The molecule has 1 aromatic rings. The maximum absolute atomic E-state index is 11.3. The molecule has 0 saturated carbocycles. The van der Waals surface area contributed by atoms with Crippen molar-refractivity contribution < 1.29 is 9.21 Å². The van der Waals surface area contributed by atoms with Crippen LogP contribution >= 0.6 is 0 Å². The summed E-state index contributed by atoms with van der Waals surface area (Å²) in [5.41, 5.74) is 5.48. The van der Waals surface area contributed by atoms with Gasteiger partial charge in [-0.3, -0.25) is 4.79 Å². The summed E-state index contributed by atoms with van der Waals surface area (Å²) in [4.78, 5) is 13.0. The van der Waals surface area contributed by atoms with Gasteiger partial charge in [0, 0.05) is 6.54 Å². The van der Waals surface area contributed by atoms with E-state index in [9.17, 15) is 4.79 Å². The zero-order chi connectivity index (χ0) is 9.42. The van der Waals surface area contributed by atoms with Crippen molar-refractivity contribution in [1.82, 2.24) is 4.90 Å². The van der Waals surface area contributed by atoms with E-state index in [4.69, 9.17) is 10.2 Å². The van der Waals surface area contributed by atoms with Gasteiger partial charge in [0.2, 0.25) is 5.91 Å². The molecule has 1 aliphatic heterocycles. The number of carbonyl (C=O) groups is 1. The maximum atomic E-state index is 11.3. The molecule has 4 heteroatoms. The van der Waals surface area contributed by atoms with Crippen LogP contribution in [0.15, 0.2) is 22.8 Å². The van der Waals surface area contributed by atoms with Gasteiger partial charge in [0.1, 0.15) is 11.8 Å². The zero-order valence-corrected chi connectivity index (χ0v) is 7.43. The van der Waals surface area contributed by atoms with Crippen LogP contribution in [0.4, 0.5) is 0 Å². The Bertz CT molecular complexity index is 307. The Kier molecular flexibility index (Phi) is 1.84. The number of amides is 1. The van der Waals surface area contributed by atoms with Crippen LogP contribution in [0.5, 0.6) is 0 Å². The highest BCUT2D eigenvalue weighted by Crippen LogP contribution is 2.25. The van der Waals surface area contributed by atoms with E-state index in [2.05, 4.69) is 0 Å². The number of furan rings is 1. The lowest BCUT2D eigenvalue weighted by Crippen LogP contribution is -2.61. The molecule has 2 atom stereocenters. The number of rotatable bonds is 2. The van der Waals surface area contributed by atoms with Gasteiger partial charge in [0.15, 0.2) is 0 Å². The monoisotopic (exact) mass is 180 g/mol. The molecule has 70 valence electrons. The number of carbonyl (C=O) groups excluding carboxylic acids is 1. The fraction of sp³-hybridized carbons (Fsp3) is 0.444. The van der Waals surface area contributed by atoms with Crippen LogP contribution in [0, 0.1) is 0 Å². The second kappa shape index (κ2) is 2.88. The molecule has 2 heterocycles. The number of likely N-dealkylation sites (tertiary alicyclic amines) is 1. The Morgan fingerprint density at radius 3 is 3.00 bits per heavy atom. The highest BCUT2D eigenvalue weighted by Gasteiger charge is 2.37. The molecule has 1 amide bonds. The number of nitrogens with two attached hydrogens (primary N) is 1. The van der Waals surface area contributed by atoms with Gasteiger partial charge in [0.25, 0.3) is 0 Å². The van der Waals surface area contributed by atoms with Gasteiger partial charge < -0.3 is 15.1 Å². The summed E-state index contributed by atoms with van der Waals surface area (Å²) in [5, 5.41) is 0. The van der Waals surface area contributed by atoms with Gasteiger partial charge in [0.05, 0.1) is 12.3 Å². The van der Waals surface area contributed by atoms with E-state index in [-0.39, 0.29) is 18.0 Å². The summed E-state index contributed by atoms with van der Waals surface area (Å²) in [6.07, 6.45) is 1.61. The molecule has 1 fully saturated rings. The third kappa shape index (κ3) is 1.23. The number of β-lactam (4-membered cyclic amide) rings is 1. The Labute approximate surface area is 76.3 Å². The van der Waals surface area contributed by atoms with E-state index in [1.807, 2.05) is 19.1 Å². The van der Waals surface area contributed by atoms with E-state index in [1.165, 1.54) is 0 Å². The third-order valence-corrected chi connectivity index (χ3v) is 2.42. The fourth-order valence-electron chi connectivity index (χ4n) is 1.51. The van der Waals surface area contributed by atoms with Crippen molar-refractivity contribution in [3.63, 3.8) is 0 Å². The largest absolute Gasteiger partial charge is 0.467 e. The van der Waals surface area contributed by atoms with Crippen molar-refractivity contribution in [2.75, 3.05) is 6.54 Å². The van der Waals surface area contributed by atoms with Crippen molar-refractivity contribution in [3.8, 4) is 0 Å². The Morgan fingerprint density at radius 1 is 1.77 bits per heavy atom. The molecule has 0 aromatic carbocycles. The first-order chi connectivity index (χ1) is 6.20. The van der Waals surface area contributed by atoms with Crippen molar-refractivity contribution in [3.05, 3.63) is 24.2 Å². The Morgan fingerprint density at radius 2 is 2.54 bits per heavy atom. The summed E-state index contributed by atoms with van der Waals surface area (Å²) >= 11 is 0. The quantitative estimate of drug-likeness (QED) is 0.674. The zero-order valence-electron chi connectivity index (χ0n) is 7.43. The molecule has 13 heavy (non-hydrogen) atoms. The number of hydrogen-bond donors (Lipinski definition) is 1. The van der Waals surface area contributed by atoms with Crippen LogP contribution < -0.4 is 5.73 Å².